The SMILES string of the molecule is COc1ccc(S(=O)(=O)Nc2ccc(C(=O)NC(CC#N)C(=O)Nc3ccc(C(=O)Nc4ccc(C(=O)Nc5ccc(C(=O)O)c(O)c5OC)c(O)c4OC)cc3)cc2)cc1. The number of amides is 4. The molecule has 1 unspecified atom stereocenters. The van der Waals surface area contributed by atoms with Crippen LogP contribution in [0.1, 0.15) is 47.9 Å². The lowest BCUT2D eigenvalue weighted by Gasteiger charge is -2.17. The van der Waals surface area contributed by atoms with Crippen molar-refractivity contribution in [2.45, 2.75) is 17.4 Å². The summed E-state index contributed by atoms with van der Waals surface area (Å²) in [6, 6.07) is 21.9. The molecule has 5 rings (SSSR count). The Labute approximate surface area is 347 Å². The lowest BCUT2D eigenvalue weighted by Crippen LogP contribution is -2.43. The van der Waals surface area contributed by atoms with Crippen LogP contribution < -0.4 is 40.2 Å². The number of anilines is 4. The number of phenols is 2. The van der Waals surface area contributed by atoms with Gasteiger partial charge >= 0.3 is 5.97 Å². The van der Waals surface area contributed by atoms with E-state index >= 15 is 0 Å². The van der Waals surface area contributed by atoms with Crippen LogP contribution >= 0.6 is 0 Å². The second-order valence-corrected chi connectivity index (χ2v) is 14.3. The Morgan fingerprint density at radius 2 is 1.15 bits per heavy atom. The van der Waals surface area contributed by atoms with Crippen molar-refractivity contribution in [3.05, 3.63) is 119 Å². The first-order chi connectivity index (χ1) is 29.1. The molecule has 314 valence electrons. The second kappa shape index (κ2) is 19.0. The van der Waals surface area contributed by atoms with E-state index in [0.717, 1.165) is 13.2 Å². The van der Waals surface area contributed by atoms with E-state index < -0.39 is 69.1 Å². The van der Waals surface area contributed by atoms with Crippen LogP contribution in [0.15, 0.2) is 102 Å². The molecule has 0 radical (unpaired) electrons. The van der Waals surface area contributed by atoms with Crippen molar-refractivity contribution in [1.82, 2.24) is 5.32 Å². The van der Waals surface area contributed by atoms with Crippen LogP contribution in [0.25, 0.3) is 0 Å². The molecule has 0 saturated heterocycles. The van der Waals surface area contributed by atoms with Crippen molar-refractivity contribution in [2.75, 3.05) is 42.0 Å². The van der Waals surface area contributed by atoms with Gasteiger partial charge in [-0.2, -0.15) is 5.26 Å². The smallest absolute Gasteiger partial charge is 0.339 e. The van der Waals surface area contributed by atoms with Crippen LogP contribution in [-0.4, -0.2) is 80.7 Å². The number of aromatic carboxylic acids is 1. The van der Waals surface area contributed by atoms with Crippen molar-refractivity contribution in [2.24, 2.45) is 0 Å². The molecular formula is C41H36N6O13S. The molecule has 0 aliphatic carbocycles. The Morgan fingerprint density at radius 3 is 1.67 bits per heavy atom. The average molecular weight is 853 g/mol. The van der Waals surface area contributed by atoms with E-state index in [0.29, 0.717) is 5.75 Å². The van der Waals surface area contributed by atoms with Crippen molar-refractivity contribution >= 4 is 62.4 Å². The van der Waals surface area contributed by atoms with Gasteiger partial charge in [0.15, 0.2) is 23.0 Å². The molecule has 0 saturated carbocycles. The zero-order valence-electron chi connectivity index (χ0n) is 32.3. The third-order valence-corrected chi connectivity index (χ3v) is 10.1. The molecule has 0 spiro atoms. The molecule has 0 aliphatic rings. The molecule has 8 N–H and O–H groups in total. The van der Waals surface area contributed by atoms with Gasteiger partial charge in [0, 0.05) is 22.5 Å². The quantitative estimate of drug-likeness (QED) is 0.0663. The summed E-state index contributed by atoms with van der Waals surface area (Å²) in [6.45, 7) is 0. The molecule has 19 nitrogen and oxygen atoms in total. The number of carbonyl (C=O) groups is 5. The molecule has 20 heteroatoms. The maximum Gasteiger partial charge on any atom is 0.339 e. The normalized spacial score (nSPS) is 11.2. The molecule has 4 amide bonds. The number of sulfonamides is 1. The first-order valence-corrected chi connectivity index (χ1v) is 19.1. The summed E-state index contributed by atoms with van der Waals surface area (Å²) in [5.74, 6) is -5.99. The van der Waals surface area contributed by atoms with Gasteiger partial charge in [-0.3, -0.25) is 23.9 Å². The number of hydrogen-bond donors (Lipinski definition) is 8. The largest absolute Gasteiger partial charge is 0.504 e. The molecule has 1 atom stereocenters. The van der Waals surface area contributed by atoms with Gasteiger partial charge in [-0.1, -0.05) is 0 Å². The molecule has 0 aromatic heterocycles. The highest BCUT2D eigenvalue weighted by Gasteiger charge is 2.25. The second-order valence-electron chi connectivity index (χ2n) is 12.6. The van der Waals surface area contributed by atoms with E-state index in [2.05, 4.69) is 26.0 Å². The van der Waals surface area contributed by atoms with Crippen LogP contribution in [0, 0.1) is 11.3 Å². The number of phenolic OH excluding ortho intramolecular Hbond substituents is 1. The van der Waals surface area contributed by atoms with E-state index in [1.807, 2.05) is 6.07 Å². The van der Waals surface area contributed by atoms with E-state index in [1.165, 1.54) is 105 Å². The number of aromatic hydroxyl groups is 2. The first kappa shape index (κ1) is 43.8. The highest BCUT2D eigenvalue weighted by molar-refractivity contribution is 7.92. The van der Waals surface area contributed by atoms with Crippen LogP contribution in [0.2, 0.25) is 0 Å². The van der Waals surface area contributed by atoms with Crippen LogP contribution in [-0.2, 0) is 14.8 Å². The van der Waals surface area contributed by atoms with E-state index in [-0.39, 0.29) is 55.8 Å². The summed E-state index contributed by atoms with van der Waals surface area (Å²) >= 11 is 0. The third-order valence-electron chi connectivity index (χ3n) is 8.74. The van der Waals surface area contributed by atoms with Crippen molar-refractivity contribution in [3.63, 3.8) is 0 Å². The number of rotatable bonds is 16. The van der Waals surface area contributed by atoms with Gasteiger partial charge in [-0.05, 0) is 97.1 Å². The Hall–Kier alpha value is -8.31. The Kier molecular flexibility index (Phi) is 13.6. The highest BCUT2D eigenvalue weighted by Crippen LogP contribution is 2.40. The number of carbonyl (C=O) groups excluding carboxylic acids is 4. The molecule has 5 aromatic carbocycles. The Morgan fingerprint density at radius 1 is 0.639 bits per heavy atom. The fourth-order valence-electron chi connectivity index (χ4n) is 5.63. The molecule has 0 fully saturated rings. The minimum absolute atomic E-state index is 0.00945. The number of nitrogens with one attached hydrogen (secondary N) is 5. The summed E-state index contributed by atoms with van der Waals surface area (Å²) in [6.07, 6.45) is -0.398. The summed E-state index contributed by atoms with van der Waals surface area (Å²) in [5, 5.41) is 49.8. The maximum atomic E-state index is 13.2. The van der Waals surface area contributed by atoms with Crippen LogP contribution in [0.3, 0.4) is 0 Å². The molecule has 61 heavy (non-hydrogen) atoms. The summed E-state index contributed by atoms with van der Waals surface area (Å²) in [5.41, 5.74) is -0.364. The lowest BCUT2D eigenvalue weighted by molar-refractivity contribution is -0.117. The zero-order valence-corrected chi connectivity index (χ0v) is 33.1. The topological polar surface area (TPSA) is 292 Å². The average Bonchev–Trinajstić information content (AvgIpc) is 3.24. The third kappa shape index (κ3) is 10.2. The van der Waals surface area contributed by atoms with Gasteiger partial charge in [0.05, 0.1) is 55.7 Å². The van der Waals surface area contributed by atoms with E-state index in [4.69, 9.17) is 14.2 Å². The van der Waals surface area contributed by atoms with Crippen LogP contribution in [0.5, 0.6) is 28.7 Å². The Balaban J connectivity index is 1.20. The molecule has 5 aromatic rings. The number of nitriles is 1. The highest BCUT2D eigenvalue weighted by atomic mass is 32.2. The lowest BCUT2D eigenvalue weighted by atomic mass is 10.1. The zero-order chi connectivity index (χ0) is 44.4. The van der Waals surface area contributed by atoms with Crippen LogP contribution in [0.4, 0.5) is 22.7 Å². The summed E-state index contributed by atoms with van der Waals surface area (Å²) in [7, 11) is -0.154. The van der Waals surface area contributed by atoms with E-state index in [1.54, 1.807) is 0 Å². The fraction of sp³-hybridized carbons (Fsp3) is 0.122. The van der Waals surface area contributed by atoms with Gasteiger partial charge in [0.25, 0.3) is 27.7 Å². The number of nitrogens with zero attached hydrogens (tertiary/aromatic N) is 1. The van der Waals surface area contributed by atoms with Crippen molar-refractivity contribution in [3.8, 4) is 34.8 Å². The number of ether oxygens (including phenoxy) is 3. The molecule has 0 bridgehead atoms. The van der Waals surface area contributed by atoms with Gasteiger partial charge < -0.3 is 50.8 Å². The first-order valence-electron chi connectivity index (χ1n) is 17.6. The van der Waals surface area contributed by atoms with E-state index in [9.17, 15) is 53.0 Å². The van der Waals surface area contributed by atoms with Crippen molar-refractivity contribution in [1.29, 1.82) is 5.26 Å². The maximum absolute atomic E-state index is 13.2. The van der Waals surface area contributed by atoms with Gasteiger partial charge in [0.1, 0.15) is 17.4 Å². The van der Waals surface area contributed by atoms with Gasteiger partial charge in [0.2, 0.25) is 5.91 Å². The number of benzene rings is 5. The van der Waals surface area contributed by atoms with Gasteiger partial charge in [-0.15, -0.1) is 0 Å². The Bertz CT molecular complexity index is 2650. The standard InChI is InChI=1S/C41H36N6O13S/c1-58-26-12-14-27(15-13-26)61(56,57)47-25-10-6-23(7-11-25)38(51)46-32(20-21-42)40(53)43-24-8-4-22(5-9-24)37(50)44-30-18-16-28(33(48)35(30)59-2)39(52)45-31-19-17-29(41(54)55)34(49)36(31)60-3/h4-19,32,47-49H,20H2,1-3H3,(H,43,53)(H,44,50)(H,45,52)(H,46,51)(H,54,55). The minimum Gasteiger partial charge on any atom is -0.504 e. The van der Waals surface area contributed by atoms with Crippen molar-refractivity contribution < 1.29 is 61.9 Å². The number of hydrogen-bond acceptors (Lipinski definition) is 13. The number of carboxylic acids is 1. The minimum atomic E-state index is -3.95. The number of carboxylic acid groups (broad SMARTS) is 1. The molecule has 0 heterocycles. The molecular weight excluding hydrogens is 817 g/mol. The summed E-state index contributed by atoms with van der Waals surface area (Å²) < 4.78 is 43.3. The molecule has 0 aliphatic heterocycles. The predicted molar refractivity (Wildman–Crippen MR) is 219 cm³/mol. The monoisotopic (exact) mass is 852 g/mol. The number of methoxy groups -OCH3 is 3. The van der Waals surface area contributed by atoms with Gasteiger partial charge in [-0.25, -0.2) is 13.2 Å². The fourth-order valence-corrected chi connectivity index (χ4v) is 6.69. The summed E-state index contributed by atoms with van der Waals surface area (Å²) in [4.78, 5) is 63.8. The predicted octanol–water partition coefficient (Wildman–Crippen LogP) is 4.78.